The molecule has 1 unspecified atom stereocenters. The molecule has 0 saturated carbocycles. The highest BCUT2D eigenvalue weighted by Crippen LogP contribution is 2.09. The molecular formula is C20H27N3O2S. The lowest BCUT2D eigenvalue weighted by atomic mass is 10.1. The lowest BCUT2D eigenvalue weighted by Crippen LogP contribution is -2.44. The van der Waals surface area contributed by atoms with Gasteiger partial charge in [0.15, 0.2) is 0 Å². The largest absolute Gasteiger partial charge is 0.350 e. The average molecular weight is 374 g/mol. The minimum atomic E-state index is -0.580. The number of rotatable bonds is 9. The van der Waals surface area contributed by atoms with Crippen molar-refractivity contribution in [2.24, 2.45) is 0 Å². The second-order valence-corrected chi connectivity index (χ2v) is 7.12. The summed E-state index contributed by atoms with van der Waals surface area (Å²) in [6.07, 6.45) is 0. The van der Waals surface area contributed by atoms with Crippen LogP contribution in [-0.4, -0.2) is 35.8 Å². The fourth-order valence-corrected chi connectivity index (χ4v) is 3.25. The molecule has 1 heterocycles. The van der Waals surface area contributed by atoms with Crippen molar-refractivity contribution in [3.05, 3.63) is 57.8 Å². The number of amides is 2. The Morgan fingerprint density at radius 3 is 2.50 bits per heavy atom. The summed E-state index contributed by atoms with van der Waals surface area (Å²) >= 11 is 1.36. The standard InChI is InChI=1S/C20H27N3O2S/c1-4-23(5-2)14-17-9-6-8-16(12-17)13-21-19(24)15(3)22-20(25)18-10-7-11-26-18/h6-12,15H,4-5,13-14H2,1-3H3,(H,21,24)(H,22,25). The molecule has 5 nitrogen and oxygen atoms in total. The minimum absolute atomic E-state index is 0.191. The summed E-state index contributed by atoms with van der Waals surface area (Å²) in [5.74, 6) is -0.409. The second kappa shape index (κ2) is 10.1. The van der Waals surface area contributed by atoms with Crippen molar-refractivity contribution in [1.82, 2.24) is 15.5 Å². The SMILES string of the molecule is CCN(CC)Cc1cccc(CNC(=O)C(C)NC(=O)c2cccs2)c1. The van der Waals surface area contributed by atoms with Crippen LogP contribution < -0.4 is 10.6 Å². The molecule has 0 saturated heterocycles. The molecule has 2 amide bonds. The number of hydrogen-bond acceptors (Lipinski definition) is 4. The topological polar surface area (TPSA) is 61.4 Å². The van der Waals surface area contributed by atoms with Gasteiger partial charge in [0.05, 0.1) is 4.88 Å². The summed E-state index contributed by atoms with van der Waals surface area (Å²) in [5, 5.41) is 7.46. The first kappa shape index (κ1) is 20.1. The first-order valence-corrected chi connectivity index (χ1v) is 9.83. The van der Waals surface area contributed by atoms with E-state index in [-0.39, 0.29) is 11.8 Å². The molecule has 1 atom stereocenters. The number of thiophene rings is 1. The highest BCUT2D eigenvalue weighted by atomic mass is 32.1. The average Bonchev–Trinajstić information content (AvgIpc) is 3.19. The van der Waals surface area contributed by atoms with E-state index in [1.54, 1.807) is 13.0 Å². The third-order valence-corrected chi connectivity index (χ3v) is 5.11. The van der Waals surface area contributed by atoms with E-state index in [0.717, 1.165) is 25.2 Å². The molecule has 140 valence electrons. The van der Waals surface area contributed by atoms with Crippen molar-refractivity contribution in [2.75, 3.05) is 13.1 Å². The van der Waals surface area contributed by atoms with Gasteiger partial charge in [-0.15, -0.1) is 11.3 Å². The lowest BCUT2D eigenvalue weighted by Gasteiger charge is -2.18. The van der Waals surface area contributed by atoms with Crippen LogP contribution in [0.2, 0.25) is 0 Å². The van der Waals surface area contributed by atoms with E-state index in [4.69, 9.17) is 0 Å². The van der Waals surface area contributed by atoms with Crippen LogP contribution in [0.25, 0.3) is 0 Å². The lowest BCUT2D eigenvalue weighted by molar-refractivity contribution is -0.122. The van der Waals surface area contributed by atoms with Gasteiger partial charge in [0.25, 0.3) is 5.91 Å². The normalized spacial score (nSPS) is 12.0. The van der Waals surface area contributed by atoms with Gasteiger partial charge in [-0.1, -0.05) is 44.2 Å². The molecule has 0 spiro atoms. The van der Waals surface area contributed by atoms with Crippen LogP contribution in [0.15, 0.2) is 41.8 Å². The number of benzene rings is 1. The van der Waals surface area contributed by atoms with E-state index in [9.17, 15) is 9.59 Å². The third-order valence-electron chi connectivity index (χ3n) is 4.24. The smallest absolute Gasteiger partial charge is 0.261 e. The monoisotopic (exact) mass is 373 g/mol. The van der Waals surface area contributed by atoms with Crippen molar-refractivity contribution >= 4 is 23.2 Å². The zero-order valence-corrected chi connectivity index (χ0v) is 16.4. The fourth-order valence-electron chi connectivity index (χ4n) is 2.63. The van der Waals surface area contributed by atoms with E-state index in [1.807, 2.05) is 23.6 Å². The Morgan fingerprint density at radius 1 is 1.12 bits per heavy atom. The highest BCUT2D eigenvalue weighted by molar-refractivity contribution is 7.12. The van der Waals surface area contributed by atoms with Gasteiger partial charge in [0.2, 0.25) is 5.91 Å². The van der Waals surface area contributed by atoms with Crippen molar-refractivity contribution in [1.29, 1.82) is 0 Å². The number of nitrogens with one attached hydrogen (secondary N) is 2. The number of carbonyl (C=O) groups is 2. The molecule has 0 aliphatic heterocycles. The van der Waals surface area contributed by atoms with Crippen molar-refractivity contribution in [3.63, 3.8) is 0 Å². The molecule has 0 bridgehead atoms. The van der Waals surface area contributed by atoms with Crippen molar-refractivity contribution in [3.8, 4) is 0 Å². The van der Waals surface area contributed by atoms with Gasteiger partial charge in [-0.3, -0.25) is 14.5 Å². The zero-order chi connectivity index (χ0) is 18.9. The number of nitrogens with zero attached hydrogens (tertiary/aromatic N) is 1. The van der Waals surface area contributed by atoms with Gasteiger partial charge in [0.1, 0.15) is 6.04 Å². The molecule has 0 aliphatic rings. The zero-order valence-electron chi connectivity index (χ0n) is 15.6. The first-order valence-electron chi connectivity index (χ1n) is 8.95. The molecule has 2 N–H and O–H groups in total. The Bertz CT molecular complexity index is 712. The maximum Gasteiger partial charge on any atom is 0.261 e. The number of hydrogen-bond donors (Lipinski definition) is 2. The molecule has 6 heteroatoms. The van der Waals surface area contributed by atoms with Gasteiger partial charge in [0, 0.05) is 13.1 Å². The molecule has 0 fully saturated rings. The van der Waals surface area contributed by atoms with E-state index >= 15 is 0 Å². The third kappa shape index (κ3) is 5.97. The van der Waals surface area contributed by atoms with Crippen LogP contribution in [0.1, 0.15) is 41.6 Å². The van der Waals surface area contributed by atoms with E-state index in [2.05, 4.69) is 41.5 Å². The van der Waals surface area contributed by atoms with Crippen molar-refractivity contribution < 1.29 is 9.59 Å². The molecule has 2 aromatic rings. The molecule has 1 aromatic heterocycles. The van der Waals surface area contributed by atoms with Gasteiger partial charge < -0.3 is 10.6 Å². The molecule has 2 rings (SSSR count). The summed E-state index contributed by atoms with van der Waals surface area (Å²) in [6, 6.07) is 11.2. The minimum Gasteiger partial charge on any atom is -0.350 e. The van der Waals surface area contributed by atoms with E-state index < -0.39 is 6.04 Å². The van der Waals surface area contributed by atoms with Crippen LogP contribution in [0.3, 0.4) is 0 Å². The van der Waals surface area contributed by atoms with E-state index in [1.165, 1.54) is 16.9 Å². The second-order valence-electron chi connectivity index (χ2n) is 6.17. The van der Waals surface area contributed by atoms with Gasteiger partial charge in [-0.05, 0) is 42.6 Å². The highest BCUT2D eigenvalue weighted by Gasteiger charge is 2.16. The van der Waals surface area contributed by atoms with Crippen LogP contribution in [-0.2, 0) is 17.9 Å². The van der Waals surface area contributed by atoms with Gasteiger partial charge >= 0.3 is 0 Å². The molecule has 1 aromatic carbocycles. The predicted molar refractivity (Wildman–Crippen MR) is 106 cm³/mol. The quantitative estimate of drug-likeness (QED) is 0.710. The Labute approximate surface area is 159 Å². The summed E-state index contributed by atoms with van der Waals surface area (Å²) in [5.41, 5.74) is 2.29. The maximum atomic E-state index is 12.2. The Balaban J connectivity index is 1.85. The first-order chi connectivity index (χ1) is 12.5. The molecular weight excluding hydrogens is 346 g/mol. The summed E-state index contributed by atoms with van der Waals surface area (Å²) < 4.78 is 0. The fraction of sp³-hybridized carbons (Fsp3) is 0.400. The van der Waals surface area contributed by atoms with Crippen LogP contribution in [0.5, 0.6) is 0 Å². The predicted octanol–water partition coefficient (Wildman–Crippen LogP) is 3.02. The van der Waals surface area contributed by atoms with Crippen molar-refractivity contribution in [2.45, 2.75) is 39.9 Å². The summed E-state index contributed by atoms with van der Waals surface area (Å²) in [6.45, 7) is 9.38. The molecule has 0 radical (unpaired) electrons. The van der Waals surface area contributed by atoms with Crippen LogP contribution >= 0.6 is 11.3 Å². The summed E-state index contributed by atoms with van der Waals surface area (Å²) in [4.78, 5) is 27.2. The number of carbonyl (C=O) groups excluding carboxylic acids is 2. The van der Waals surface area contributed by atoms with Crippen LogP contribution in [0.4, 0.5) is 0 Å². The van der Waals surface area contributed by atoms with Gasteiger partial charge in [-0.2, -0.15) is 0 Å². The van der Waals surface area contributed by atoms with Crippen LogP contribution in [0, 0.1) is 0 Å². The van der Waals surface area contributed by atoms with Gasteiger partial charge in [-0.25, -0.2) is 0 Å². The Morgan fingerprint density at radius 2 is 1.85 bits per heavy atom. The van der Waals surface area contributed by atoms with E-state index in [0.29, 0.717) is 11.4 Å². The molecule has 26 heavy (non-hydrogen) atoms. The Hall–Kier alpha value is -2.18. The molecule has 0 aliphatic carbocycles. The Kier molecular flexibility index (Phi) is 7.81. The maximum absolute atomic E-state index is 12.2. The summed E-state index contributed by atoms with van der Waals surface area (Å²) in [7, 11) is 0.